The highest BCUT2D eigenvalue weighted by atomic mass is 32.3. The average Bonchev–Trinajstić information content (AvgIpc) is 2.82. The minimum absolute atomic E-state index is 0.217. The van der Waals surface area contributed by atoms with Gasteiger partial charge in [0.2, 0.25) is 0 Å². The Kier molecular flexibility index (Phi) is 7.56. The Morgan fingerprint density at radius 3 is 1.49 bits per heavy atom. The van der Waals surface area contributed by atoms with Gasteiger partial charge in [-0.1, -0.05) is 54.1 Å². The van der Waals surface area contributed by atoms with Gasteiger partial charge in [0, 0.05) is 14.7 Å². The molecule has 0 saturated carbocycles. The minimum Gasteiger partial charge on any atom is -0.488 e. The lowest BCUT2D eigenvalue weighted by atomic mass is 10.1. The number of hydrogen-bond donors (Lipinski definition) is 0. The average molecular weight is 535 g/mol. The summed E-state index contributed by atoms with van der Waals surface area (Å²) in [4.78, 5) is 2.56. The van der Waals surface area contributed by atoms with Crippen molar-refractivity contribution in [2.24, 2.45) is 0 Å². The molecule has 0 atom stereocenters. The molecule has 4 nitrogen and oxygen atoms in total. The molecular weight excluding hydrogens is 500 g/mol. The largest absolute Gasteiger partial charge is 0.488 e. The van der Waals surface area contributed by atoms with Crippen LogP contribution in [-0.2, 0) is 13.7 Å². The zero-order valence-corrected chi connectivity index (χ0v) is 23.8. The van der Waals surface area contributed by atoms with Gasteiger partial charge in [-0.3, -0.25) is 0 Å². The van der Waals surface area contributed by atoms with E-state index in [0.717, 1.165) is 20.2 Å². The summed E-state index contributed by atoms with van der Waals surface area (Å²) in [6.45, 7) is 11.6. The van der Waals surface area contributed by atoms with Gasteiger partial charge < -0.3 is 4.74 Å². The first-order valence-corrected chi connectivity index (χ1v) is 15.2. The van der Waals surface area contributed by atoms with Crippen molar-refractivity contribution in [2.75, 3.05) is 0 Å². The molecule has 194 valence electrons. The second-order valence-corrected chi connectivity index (χ2v) is 14.5. The Morgan fingerprint density at radius 2 is 1.05 bits per heavy atom. The third-order valence-electron chi connectivity index (χ3n) is 5.78. The molecule has 0 N–H and O–H groups in total. The van der Waals surface area contributed by atoms with E-state index in [-0.39, 0.29) is 10.5 Å². The summed E-state index contributed by atoms with van der Waals surface area (Å²) in [5.74, 6) is 0.707. The van der Waals surface area contributed by atoms with Crippen molar-refractivity contribution in [3.8, 4) is 5.75 Å². The van der Waals surface area contributed by atoms with Gasteiger partial charge in [-0.2, -0.15) is 8.42 Å². The van der Waals surface area contributed by atoms with Crippen LogP contribution in [0.5, 0.6) is 5.75 Å². The van der Waals surface area contributed by atoms with Crippen LogP contribution >= 0.6 is 10.3 Å². The highest BCUT2D eigenvalue weighted by Crippen LogP contribution is 2.70. The Bertz CT molecular complexity index is 1410. The van der Waals surface area contributed by atoms with E-state index in [1.54, 1.807) is 0 Å². The van der Waals surface area contributed by atoms with Crippen molar-refractivity contribution in [3.63, 3.8) is 0 Å². The molecule has 0 saturated heterocycles. The number of ether oxygens (including phenoxy) is 1. The number of hydrogen-bond acceptors (Lipinski definition) is 4. The SMILES string of the molecule is Cc1cc(C)c(S(=O)(=O)OS(c2ccccc2)(c2ccccc2)c2ccc(OC(C)(C)C)cc2)c(C)c1. The van der Waals surface area contributed by atoms with Crippen LogP contribution in [0.15, 0.2) is 117 Å². The monoisotopic (exact) mass is 534 g/mol. The summed E-state index contributed by atoms with van der Waals surface area (Å²) in [7, 11) is -6.86. The lowest BCUT2D eigenvalue weighted by molar-refractivity contribution is 0.131. The van der Waals surface area contributed by atoms with Crippen molar-refractivity contribution >= 4 is 20.4 Å². The predicted octanol–water partition coefficient (Wildman–Crippen LogP) is 8.39. The van der Waals surface area contributed by atoms with Crippen molar-refractivity contribution < 1.29 is 16.8 Å². The maximum Gasteiger partial charge on any atom is 0.307 e. The lowest BCUT2D eigenvalue weighted by Crippen LogP contribution is -2.22. The quantitative estimate of drug-likeness (QED) is 0.239. The molecule has 0 bridgehead atoms. The fraction of sp³-hybridized carbons (Fsp3) is 0.226. The van der Waals surface area contributed by atoms with E-state index in [0.29, 0.717) is 16.9 Å². The topological polar surface area (TPSA) is 52.6 Å². The van der Waals surface area contributed by atoms with Gasteiger partial charge >= 0.3 is 10.1 Å². The summed E-state index contributed by atoms with van der Waals surface area (Å²) in [5.41, 5.74) is 1.99. The van der Waals surface area contributed by atoms with Crippen molar-refractivity contribution in [1.82, 2.24) is 0 Å². The first kappa shape index (κ1) is 27.0. The van der Waals surface area contributed by atoms with Gasteiger partial charge in [-0.05, 0) is 112 Å². The Balaban J connectivity index is 1.98. The van der Waals surface area contributed by atoms with E-state index in [1.165, 1.54) is 0 Å². The van der Waals surface area contributed by atoms with Gasteiger partial charge in [0.25, 0.3) is 0 Å². The summed E-state index contributed by atoms with van der Waals surface area (Å²) in [5, 5.41) is 0. The molecule has 0 fully saturated rings. The molecule has 0 radical (unpaired) electrons. The Hall–Kier alpha value is -3.06. The lowest BCUT2D eigenvalue weighted by Gasteiger charge is -2.39. The molecule has 4 aromatic carbocycles. The van der Waals surface area contributed by atoms with E-state index in [9.17, 15) is 8.42 Å². The maximum atomic E-state index is 14.1. The van der Waals surface area contributed by atoms with Crippen LogP contribution < -0.4 is 4.74 Å². The molecule has 0 amide bonds. The van der Waals surface area contributed by atoms with Crippen LogP contribution in [-0.4, -0.2) is 14.0 Å². The summed E-state index contributed by atoms with van der Waals surface area (Å²) < 4.78 is 40.9. The molecule has 0 aliphatic carbocycles. The first-order chi connectivity index (χ1) is 17.4. The molecule has 4 aromatic rings. The molecule has 6 heteroatoms. The molecule has 37 heavy (non-hydrogen) atoms. The van der Waals surface area contributed by atoms with Crippen molar-refractivity contribution in [1.29, 1.82) is 0 Å². The number of aryl methyl sites for hydroxylation is 3. The van der Waals surface area contributed by atoms with Crippen molar-refractivity contribution in [3.05, 3.63) is 114 Å². The standard InChI is InChI=1S/C31H34O4S2/c1-23-21-24(2)30(25(3)22-23)37(32,33)35-36(27-13-9-7-10-14-27,28-15-11-8-12-16-28)29-19-17-26(18-20-29)34-31(4,5)6/h7-22H,1-6H3. The molecule has 0 spiro atoms. The highest BCUT2D eigenvalue weighted by molar-refractivity contribution is 8.33. The Labute approximate surface area is 222 Å². The van der Waals surface area contributed by atoms with Gasteiger partial charge in [0.05, 0.1) is 0 Å². The Morgan fingerprint density at radius 1 is 0.622 bits per heavy atom. The predicted molar refractivity (Wildman–Crippen MR) is 151 cm³/mol. The van der Waals surface area contributed by atoms with Crippen LogP contribution in [0.1, 0.15) is 37.5 Å². The zero-order chi connectivity index (χ0) is 26.8. The normalized spacial score (nSPS) is 12.8. The third-order valence-corrected chi connectivity index (χ3v) is 11.3. The van der Waals surface area contributed by atoms with E-state index in [4.69, 9.17) is 8.37 Å². The summed E-state index contributed by atoms with van der Waals surface area (Å²) >= 11 is 0. The smallest absolute Gasteiger partial charge is 0.307 e. The fourth-order valence-corrected chi connectivity index (χ4v) is 10.1. The minimum atomic E-state index is -4.17. The van der Waals surface area contributed by atoms with E-state index in [1.807, 2.05) is 139 Å². The molecule has 0 unspecified atom stereocenters. The second kappa shape index (κ2) is 10.4. The van der Waals surface area contributed by atoms with Crippen LogP contribution in [0.4, 0.5) is 0 Å². The van der Waals surface area contributed by atoms with Gasteiger partial charge in [0.15, 0.2) is 0 Å². The van der Waals surface area contributed by atoms with Gasteiger partial charge in [-0.15, -0.1) is 0 Å². The third kappa shape index (κ3) is 5.77. The summed E-state index contributed by atoms with van der Waals surface area (Å²) in [6.07, 6.45) is 0. The molecule has 0 aliphatic heterocycles. The van der Waals surface area contributed by atoms with Crippen LogP contribution in [0.2, 0.25) is 0 Å². The molecule has 0 heterocycles. The van der Waals surface area contributed by atoms with E-state index < -0.39 is 20.4 Å². The molecular formula is C31H34O4S2. The van der Waals surface area contributed by atoms with Gasteiger partial charge in [-0.25, -0.2) is 3.63 Å². The number of rotatable bonds is 7. The van der Waals surface area contributed by atoms with Crippen LogP contribution in [0.3, 0.4) is 0 Å². The number of benzene rings is 4. The molecule has 0 aromatic heterocycles. The molecule has 4 rings (SSSR count). The molecule has 0 aliphatic rings. The van der Waals surface area contributed by atoms with Crippen LogP contribution in [0.25, 0.3) is 0 Å². The zero-order valence-electron chi connectivity index (χ0n) is 22.2. The van der Waals surface area contributed by atoms with E-state index in [2.05, 4.69) is 0 Å². The van der Waals surface area contributed by atoms with Crippen LogP contribution in [0, 0.1) is 20.8 Å². The fourth-order valence-electron chi connectivity index (χ4n) is 4.53. The first-order valence-electron chi connectivity index (χ1n) is 12.2. The second-order valence-electron chi connectivity index (χ2n) is 10.1. The maximum absolute atomic E-state index is 14.1. The van der Waals surface area contributed by atoms with Crippen molar-refractivity contribution in [2.45, 2.75) is 66.7 Å². The summed E-state index contributed by atoms with van der Waals surface area (Å²) in [6, 6.07) is 30.6. The van der Waals surface area contributed by atoms with Gasteiger partial charge in [0.1, 0.15) is 16.2 Å². The highest BCUT2D eigenvalue weighted by Gasteiger charge is 2.39. The van der Waals surface area contributed by atoms with E-state index >= 15 is 0 Å².